The Hall–Kier alpha value is -1.26. The molecule has 86 valence electrons. The van der Waals surface area contributed by atoms with Gasteiger partial charge in [0.2, 0.25) is 5.91 Å². The molecule has 0 bridgehead atoms. The molecular weight excluding hydrogens is 194 g/mol. The standard InChI is InChI=1S/C10H19N3O2/c1-7(2)5-11-10(15)12-6-9(14)13-8-3-4-8/h7-8H,3-6H2,1-2H3,(H,13,14)(H2,11,12,15). The van der Waals surface area contributed by atoms with Gasteiger partial charge in [0, 0.05) is 12.6 Å². The highest BCUT2D eigenvalue weighted by Crippen LogP contribution is 2.17. The maximum Gasteiger partial charge on any atom is 0.315 e. The summed E-state index contributed by atoms with van der Waals surface area (Å²) in [5.74, 6) is 0.299. The van der Waals surface area contributed by atoms with Crippen LogP contribution >= 0.6 is 0 Å². The highest BCUT2D eigenvalue weighted by Gasteiger charge is 2.22. The molecule has 0 aromatic heterocycles. The molecule has 0 heterocycles. The SMILES string of the molecule is CC(C)CNC(=O)NCC(=O)NC1CC1. The summed E-state index contributed by atoms with van der Waals surface area (Å²) in [5, 5.41) is 7.98. The predicted molar refractivity (Wildman–Crippen MR) is 57.4 cm³/mol. The number of carbonyl (C=O) groups is 2. The predicted octanol–water partition coefficient (Wildman–Crippen LogP) is 0.220. The lowest BCUT2D eigenvalue weighted by molar-refractivity contribution is -0.120. The van der Waals surface area contributed by atoms with Gasteiger partial charge in [0.05, 0.1) is 6.54 Å². The van der Waals surface area contributed by atoms with Crippen molar-refractivity contribution in [2.24, 2.45) is 5.92 Å². The van der Waals surface area contributed by atoms with Crippen molar-refractivity contribution < 1.29 is 9.59 Å². The first kappa shape index (κ1) is 11.8. The average Bonchev–Trinajstić information content (AvgIpc) is 2.95. The molecule has 0 atom stereocenters. The molecule has 1 fully saturated rings. The molecule has 15 heavy (non-hydrogen) atoms. The lowest BCUT2D eigenvalue weighted by Gasteiger charge is -2.09. The van der Waals surface area contributed by atoms with Crippen LogP contribution < -0.4 is 16.0 Å². The van der Waals surface area contributed by atoms with Crippen molar-refractivity contribution >= 4 is 11.9 Å². The van der Waals surface area contributed by atoms with Gasteiger partial charge in [0.1, 0.15) is 0 Å². The molecule has 0 aromatic rings. The Bertz CT molecular complexity index is 237. The molecule has 1 aliphatic carbocycles. The summed E-state index contributed by atoms with van der Waals surface area (Å²) in [5.41, 5.74) is 0. The van der Waals surface area contributed by atoms with Gasteiger partial charge in [0.15, 0.2) is 0 Å². The largest absolute Gasteiger partial charge is 0.352 e. The Morgan fingerprint density at radius 1 is 1.27 bits per heavy atom. The number of hydrogen-bond acceptors (Lipinski definition) is 2. The average molecular weight is 213 g/mol. The van der Waals surface area contributed by atoms with E-state index in [1.807, 2.05) is 13.8 Å². The number of nitrogens with one attached hydrogen (secondary N) is 3. The molecule has 0 unspecified atom stereocenters. The number of rotatable bonds is 5. The number of carbonyl (C=O) groups excluding carboxylic acids is 2. The molecule has 0 saturated heterocycles. The topological polar surface area (TPSA) is 70.2 Å². The molecule has 1 aliphatic rings. The van der Waals surface area contributed by atoms with Gasteiger partial charge in [-0.25, -0.2) is 4.79 Å². The van der Waals surface area contributed by atoms with Crippen molar-refractivity contribution in [3.8, 4) is 0 Å². The van der Waals surface area contributed by atoms with E-state index in [0.717, 1.165) is 12.8 Å². The first-order valence-corrected chi connectivity index (χ1v) is 5.39. The molecule has 0 aromatic carbocycles. The number of urea groups is 1. The zero-order valence-electron chi connectivity index (χ0n) is 9.30. The van der Waals surface area contributed by atoms with Crippen LogP contribution in [0.3, 0.4) is 0 Å². The monoisotopic (exact) mass is 213 g/mol. The smallest absolute Gasteiger partial charge is 0.315 e. The summed E-state index contributed by atoms with van der Waals surface area (Å²) in [4.78, 5) is 22.3. The number of amides is 3. The summed E-state index contributed by atoms with van der Waals surface area (Å²) in [7, 11) is 0. The molecule has 1 saturated carbocycles. The van der Waals surface area contributed by atoms with Crippen LogP contribution in [0.15, 0.2) is 0 Å². The second kappa shape index (κ2) is 5.58. The minimum atomic E-state index is -0.283. The van der Waals surface area contributed by atoms with Crippen LogP contribution in [0.4, 0.5) is 4.79 Å². The van der Waals surface area contributed by atoms with Crippen molar-refractivity contribution in [1.29, 1.82) is 0 Å². The molecule has 1 rings (SSSR count). The molecule has 3 N–H and O–H groups in total. The third-order valence-electron chi connectivity index (χ3n) is 2.02. The zero-order chi connectivity index (χ0) is 11.3. The van der Waals surface area contributed by atoms with E-state index in [1.165, 1.54) is 0 Å². The van der Waals surface area contributed by atoms with Crippen molar-refractivity contribution in [3.63, 3.8) is 0 Å². The Labute approximate surface area is 90.0 Å². The second-order valence-electron chi connectivity index (χ2n) is 4.30. The van der Waals surface area contributed by atoms with E-state index in [2.05, 4.69) is 16.0 Å². The van der Waals surface area contributed by atoms with Gasteiger partial charge in [-0.15, -0.1) is 0 Å². The lowest BCUT2D eigenvalue weighted by Crippen LogP contribution is -2.43. The van der Waals surface area contributed by atoms with Crippen molar-refractivity contribution in [2.75, 3.05) is 13.1 Å². The van der Waals surface area contributed by atoms with Crippen LogP contribution in [-0.4, -0.2) is 31.1 Å². The first-order chi connectivity index (χ1) is 7.08. The Balaban J connectivity index is 2.02. The van der Waals surface area contributed by atoms with Crippen LogP contribution in [0.2, 0.25) is 0 Å². The molecule has 0 aliphatic heterocycles. The Morgan fingerprint density at radius 3 is 2.47 bits per heavy atom. The normalized spacial score (nSPS) is 14.9. The molecule has 5 nitrogen and oxygen atoms in total. The quantitative estimate of drug-likeness (QED) is 0.611. The van der Waals surface area contributed by atoms with Gasteiger partial charge >= 0.3 is 6.03 Å². The van der Waals surface area contributed by atoms with Crippen molar-refractivity contribution in [2.45, 2.75) is 32.7 Å². The Morgan fingerprint density at radius 2 is 1.93 bits per heavy atom. The molecule has 5 heteroatoms. The minimum absolute atomic E-state index is 0.0560. The van der Waals surface area contributed by atoms with Crippen LogP contribution in [0.25, 0.3) is 0 Å². The maximum atomic E-state index is 11.2. The number of hydrogen-bond donors (Lipinski definition) is 3. The molecule has 0 spiro atoms. The van der Waals surface area contributed by atoms with E-state index < -0.39 is 0 Å². The van der Waals surface area contributed by atoms with Crippen LogP contribution in [0.5, 0.6) is 0 Å². The third-order valence-corrected chi connectivity index (χ3v) is 2.02. The maximum absolute atomic E-state index is 11.2. The molecular formula is C10H19N3O2. The summed E-state index contributed by atoms with van der Waals surface area (Å²) in [6.45, 7) is 4.71. The van der Waals surface area contributed by atoms with Crippen LogP contribution in [0.1, 0.15) is 26.7 Å². The van der Waals surface area contributed by atoms with Gasteiger partial charge in [0.25, 0.3) is 0 Å². The highest BCUT2D eigenvalue weighted by molar-refractivity contribution is 5.84. The summed E-state index contributed by atoms with van der Waals surface area (Å²) >= 11 is 0. The first-order valence-electron chi connectivity index (χ1n) is 5.39. The van der Waals surface area contributed by atoms with Gasteiger partial charge in [-0.2, -0.15) is 0 Å². The van der Waals surface area contributed by atoms with Gasteiger partial charge in [-0.3, -0.25) is 4.79 Å². The molecule has 3 amide bonds. The van der Waals surface area contributed by atoms with Crippen LogP contribution in [0, 0.1) is 5.92 Å². The van der Waals surface area contributed by atoms with E-state index in [1.54, 1.807) is 0 Å². The highest BCUT2D eigenvalue weighted by atomic mass is 16.2. The fourth-order valence-corrected chi connectivity index (χ4v) is 1.03. The summed E-state index contributed by atoms with van der Waals surface area (Å²) < 4.78 is 0. The lowest BCUT2D eigenvalue weighted by atomic mass is 10.2. The van der Waals surface area contributed by atoms with E-state index in [4.69, 9.17) is 0 Å². The van der Waals surface area contributed by atoms with Gasteiger partial charge in [-0.1, -0.05) is 13.8 Å². The van der Waals surface area contributed by atoms with Gasteiger partial charge in [-0.05, 0) is 18.8 Å². The molecule has 0 radical (unpaired) electrons. The van der Waals surface area contributed by atoms with Gasteiger partial charge < -0.3 is 16.0 Å². The summed E-state index contributed by atoms with van der Waals surface area (Å²) in [6, 6.07) is 0.0627. The summed E-state index contributed by atoms with van der Waals surface area (Å²) in [6.07, 6.45) is 2.12. The minimum Gasteiger partial charge on any atom is -0.352 e. The van der Waals surface area contributed by atoms with Crippen molar-refractivity contribution in [1.82, 2.24) is 16.0 Å². The fourth-order valence-electron chi connectivity index (χ4n) is 1.03. The van der Waals surface area contributed by atoms with E-state index in [-0.39, 0.29) is 18.5 Å². The third kappa shape index (κ3) is 5.93. The van der Waals surface area contributed by atoms with E-state index >= 15 is 0 Å². The second-order valence-corrected chi connectivity index (χ2v) is 4.30. The van der Waals surface area contributed by atoms with E-state index in [0.29, 0.717) is 18.5 Å². The Kier molecular flexibility index (Phi) is 4.39. The van der Waals surface area contributed by atoms with E-state index in [9.17, 15) is 9.59 Å². The van der Waals surface area contributed by atoms with Crippen LogP contribution in [-0.2, 0) is 4.79 Å². The zero-order valence-corrected chi connectivity index (χ0v) is 9.30. The van der Waals surface area contributed by atoms with Crippen molar-refractivity contribution in [3.05, 3.63) is 0 Å². The fraction of sp³-hybridized carbons (Fsp3) is 0.800.